The fourth-order valence-corrected chi connectivity index (χ4v) is 3.25. The number of nitrogens with zero attached hydrogens (tertiary/aromatic N) is 3. The lowest BCUT2D eigenvalue weighted by atomic mass is 9.91. The minimum Gasteiger partial charge on any atom is -0.480 e. The number of hydrogen-bond acceptors (Lipinski definition) is 4. The first-order chi connectivity index (χ1) is 13.0. The van der Waals surface area contributed by atoms with Gasteiger partial charge in [-0.25, -0.2) is 14.8 Å². The van der Waals surface area contributed by atoms with E-state index in [9.17, 15) is 4.79 Å². The first-order valence-electron chi connectivity index (χ1n) is 8.53. The predicted octanol–water partition coefficient (Wildman–Crippen LogP) is 4.75. The summed E-state index contributed by atoms with van der Waals surface area (Å²) in [5, 5.41) is 3.85. The molecule has 1 aliphatic rings. The number of hydrogen-bond donors (Lipinski definition) is 1. The van der Waals surface area contributed by atoms with Crippen molar-refractivity contribution in [3.8, 4) is 5.88 Å². The first kappa shape index (κ1) is 19.5. The molecule has 3 rings (SSSR count). The molecule has 6 nitrogen and oxygen atoms in total. The number of aromatic nitrogens is 2. The summed E-state index contributed by atoms with van der Waals surface area (Å²) in [6.45, 7) is 3.37. The zero-order valence-corrected chi connectivity index (χ0v) is 16.6. The zero-order valence-electron chi connectivity index (χ0n) is 15.1. The summed E-state index contributed by atoms with van der Waals surface area (Å²) in [6, 6.07) is 5.40. The van der Waals surface area contributed by atoms with E-state index in [4.69, 9.17) is 27.9 Å². The Kier molecular flexibility index (Phi) is 6.19. The lowest BCUT2D eigenvalue weighted by Crippen LogP contribution is -2.42. The lowest BCUT2D eigenvalue weighted by Gasteiger charge is -2.33. The van der Waals surface area contributed by atoms with Crippen LogP contribution in [0, 0.1) is 5.92 Å². The van der Waals surface area contributed by atoms with Crippen molar-refractivity contribution in [2.24, 2.45) is 5.92 Å². The summed E-state index contributed by atoms with van der Waals surface area (Å²) in [4.78, 5) is 22.4. The number of likely N-dealkylation sites (tertiary alicyclic amines) is 1. The highest BCUT2D eigenvalue weighted by molar-refractivity contribution is 6.42. The van der Waals surface area contributed by atoms with Crippen molar-refractivity contribution in [3.63, 3.8) is 0 Å². The number of anilines is 1. The SMILES string of the molecule is COc1cnc(NC(=O)N2CCC(=Cc3ccc(Cl)c(Cl)c3)C(C)C2)cn1. The van der Waals surface area contributed by atoms with Gasteiger partial charge in [0.1, 0.15) is 0 Å². The number of benzene rings is 1. The summed E-state index contributed by atoms with van der Waals surface area (Å²) in [5.41, 5.74) is 2.29. The Balaban J connectivity index is 1.62. The highest BCUT2D eigenvalue weighted by atomic mass is 35.5. The van der Waals surface area contributed by atoms with Gasteiger partial charge in [0.05, 0.1) is 29.5 Å². The van der Waals surface area contributed by atoms with Crippen LogP contribution in [0.15, 0.2) is 36.2 Å². The molecule has 0 spiro atoms. The molecule has 27 heavy (non-hydrogen) atoms. The fraction of sp³-hybridized carbons (Fsp3) is 0.316. The molecule has 2 heterocycles. The molecular formula is C19H20Cl2N4O2. The van der Waals surface area contributed by atoms with E-state index in [-0.39, 0.29) is 11.9 Å². The van der Waals surface area contributed by atoms with E-state index in [1.165, 1.54) is 25.1 Å². The van der Waals surface area contributed by atoms with Crippen molar-refractivity contribution >= 4 is 41.1 Å². The smallest absolute Gasteiger partial charge is 0.323 e. The van der Waals surface area contributed by atoms with Gasteiger partial charge in [-0.15, -0.1) is 0 Å². The molecule has 1 fully saturated rings. The van der Waals surface area contributed by atoms with Gasteiger partial charge < -0.3 is 9.64 Å². The second-order valence-electron chi connectivity index (χ2n) is 6.36. The molecule has 8 heteroatoms. The van der Waals surface area contributed by atoms with Gasteiger partial charge >= 0.3 is 6.03 Å². The maximum atomic E-state index is 12.5. The molecule has 1 N–H and O–H groups in total. The molecule has 1 saturated heterocycles. The van der Waals surface area contributed by atoms with E-state index < -0.39 is 0 Å². The quantitative estimate of drug-likeness (QED) is 0.798. The third kappa shape index (κ3) is 4.90. The van der Waals surface area contributed by atoms with Crippen molar-refractivity contribution in [2.75, 3.05) is 25.5 Å². The Bertz CT molecular complexity index is 855. The van der Waals surface area contributed by atoms with Gasteiger partial charge in [0.25, 0.3) is 0 Å². The highest BCUT2D eigenvalue weighted by Crippen LogP contribution is 2.28. The molecule has 1 aliphatic heterocycles. The lowest BCUT2D eigenvalue weighted by molar-refractivity contribution is 0.197. The Labute approximate surface area is 168 Å². The molecule has 1 aromatic heterocycles. The Hall–Kier alpha value is -2.31. The number of carbonyl (C=O) groups excluding carboxylic acids is 1. The maximum absolute atomic E-state index is 12.5. The largest absolute Gasteiger partial charge is 0.480 e. The molecule has 2 aromatic rings. The van der Waals surface area contributed by atoms with Gasteiger partial charge in [0.2, 0.25) is 5.88 Å². The normalized spacial score (nSPS) is 18.4. The number of nitrogens with one attached hydrogen (secondary N) is 1. The zero-order chi connectivity index (χ0) is 19.4. The van der Waals surface area contributed by atoms with Crippen LogP contribution in [0.5, 0.6) is 5.88 Å². The molecule has 1 unspecified atom stereocenters. The van der Waals surface area contributed by atoms with Crippen molar-refractivity contribution in [1.82, 2.24) is 14.9 Å². The van der Waals surface area contributed by atoms with E-state index in [0.29, 0.717) is 34.8 Å². The standard InChI is InChI=1S/C19H20Cl2N4O2/c1-12-11-25(19(26)24-17-9-23-18(27-2)10-22-17)6-5-14(12)7-13-3-4-15(20)16(21)8-13/h3-4,7-10,12H,5-6,11H2,1-2H3,(H,22,24,26). The van der Waals surface area contributed by atoms with Gasteiger partial charge in [-0.05, 0) is 30.0 Å². The summed E-state index contributed by atoms with van der Waals surface area (Å²) < 4.78 is 4.96. The Morgan fingerprint density at radius 2 is 2.11 bits per heavy atom. The first-order valence-corrected chi connectivity index (χ1v) is 9.29. The number of methoxy groups -OCH3 is 1. The van der Waals surface area contributed by atoms with Crippen LogP contribution in [-0.2, 0) is 0 Å². The molecule has 0 radical (unpaired) electrons. The molecule has 1 atom stereocenters. The molecule has 0 saturated carbocycles. The monoisotopic (exact) mass is 406 g/mol. The number of amides is 2. The van der Waals surface area contributed by atoms with Gasteiger partial charge in [0, 0.05) is 13.1 Å². The average Bonchev–Trinajstić information content (AvgIpc) is 2.67. The van der Waals surface area contributed by atoms with E-state index in [1.807, 2.05) is 12.1 Å². The topological polar surface area (TPSA) is 67.3 Å². The van der Waals surface area contributed by atoms with Crippen LogP contribution in [0.2, 0.25) is 10.0 Å². The molecule has 0 aliphatic carbocycles. The minimum atomic E-state index is -0.185. The fourth-order valence-electron chi connectivity index (χ4n) is 2.94. The second-order valence-corrected chi connectivity index (χ2v) is 7.18. The van der Waals surface area contributed by atoms with Crippen molar-refractivity contribution in [1.29, 1.82) is 0 Å². The van der Waals surface area contributed by atoms with Crippen LogP contribution in [0.1, 0.15) is 18.9 Å². The van der Waals surface area contributed by atoms with E-state index >= 15 is 0 Å². The van der Waals surface area contributed by atoms with Crippen LogP contribution in [-0.4, -0.2) is 41.1 Å². The predicted molar refractivity (Wildman–Crippen MR) is 107 cm³/mol. The maximum Gasteiger partial charge on any atom is 0.323 e. The third-order valence-corrected chi connectivity index (χ3v) is 5.19. The van der Waals surface area contributed by atoms with Gasteiger partial charge in [-0.1, -0.05) is 47.8 Å². The van der Waals surface area contributed by atoms with Gasteiger partial charge in [-0.3, -0.25) is 5.32 Å². The number of urea groups is 1. The Morgan fingerprint density at radius 1 is 1.30 bits per heavy atom. The highest BCUT2D eigenvalue weighted by Gasteiger charge is 2.24. The molecular weight excluding hydrogens is 387 g/mol. The van der Waals surface area contributed by atoms with Crippen molar-refractivity contribution in [3.05, 3.63) is 51.8 Å². The average molecular weight is 407 g/mol. The minimum absolute atomic E-state index is 0.185. The van der Waals surface area contributed by atoms with Crippen molar-refractivity contribution < 1.29 is 9.53 Å². The molecule has 2 amide bonds. The van der Waals surface area contributed by atoms with Crippen molar-refractivity contribution in [2.45, 2.75) is 13.3 Å². The molecule has 1 aromatic carbocycles. The second kappa shape index (κ2) is 8.59. The number of rotatable bonds is 3. The van der Waals surface area contributed by atoms with E-state index in [0.717, 1.165) is 12.0 Å². The van der Waals surface area contributed by atoms with E-state index in [1.54, 1.807) is 11.0 Å². The Morgan fingerprint density at radius 3 is 2.74 bits per heavy atom. The van der Waals surface area contributed by atoms with Gasteiger partial charge in [0.15, 0.2) is 5.82 Å². The summed E-state index contributed by atoms with van der Waals surface area (Å²) in [7, 11) is 1.51. The van der Waals surface area contributed by atoms with Crippen LogP contribution in [0.3, 0.4) is 0 Å². The van der Waals surface area contributed by atoms with Crippen LogP contribution in [0.25, 0.3) is 6.08 Å². The van der Waals surface area contributed by atoms with Gasteiger partial charge in [-0.2, -0.15) is 0 Å². The number of piperidine rings is 1. The molecule has 142 valence electrons. The summed E-state index contributed by atoms with van der Waals surface area (Å²) >= 11 is 12.1. The summed E-state index contributed by atoms with van der Waals surface area (Å²) in [6.07, 6.45) is 5.85. The van der Waals surface area contributed by atoms with Crippen LogP contribution >= 0.6 is 23.2 Å². The molecule has 0 bridgehead atoms. The number of ether oxygens (including phenoxy) is 1. The van der Waals surface area contributed by atoms with Crippen LogP contribution in [0.4, 0.5) is 10.6 Å². The third-order valence-electron chi connectivity index (χ3n) is 4.45. The number of halogens is 2. The van der Waals surface area contributed by atoms with E-state index in [2.05, 4.69) is 28.3 Å². The summed E-state index contributed by atoms with van der Waals surface area (Å²) in [5.74, 6) is 1.03. The van der Waals surface area contributed by atoms with Crippen LogP contribution < -0.4 is 10.1 Å². The number of carbonyl (C=O) groups is 1.